The first kappa shape index (κ1) is 18.8. The van der Waals surface area contributed by atoms with Crippen molar-refractivity contribution in [3.63, 3.8) is 0 Å². The van der Waals surface area contributed by atoms with Crippen LogP contribution in [0.1, 0.15) is 39.2 Å². The lowest BCUT2D eigenvalue weighted by molar-refractivity contribution is -0.194. The summed E-state index contributed by atoms with van der Waals surface area (Å²) in [5, 5.41) is 0.450. The van der Waals surface area contributed by atoms with Gasteiger partial charge in [0.1, 0.15) is 6.61 Å². The normalized spacial score (nSPS) is 21.3. The third-order valence-electron chi connectivity index (χ3n) is 4.98. The van der Waals surface area contributed by atoms with Gasteiger partial charge in [-0.3, -0.25) is 14.4 Å². The number of fused-ring (bicyclic) bond motifs is 1. The third-order valence-corrected chi connectivity index (χ3v) is 4.98. The van der Waals surface area contributed by atoms with Gasteiger partial charge in [-0.1, -0.05) is 47.5 Å². The highest BCUT2D eigenvalue weighted by atomic mass is 16.7. The number of amides is 3. The number of carbonyl (C=O) groups excluding carboxylic acids is 4. The molecule has 8 nitrogen and oxygen atoms in total. The van der Waals surface area contributed by atoms with E-state index in [0.717, 1.165) is 0 Å². The SMILES string of the molecule is CCN1C(=O)CO[C@H](C(=O)ON2C(=O)c3ccccc3C2=O)[C@H]1c1ccccc1. The quantitative estimate of drug-likeness (QED) is 0.734. The molecule has 0 aliphatic carbocycles. The average Bonchev–Trinajstić information content (AvgIpc) is 2.99. The molecule has 0 saturated carbocycles. The van der Waals surface area contributed by atoms with Gasteiger partial charge in [-0.25, -0.2) is 4.79 Å². The summed E-state index contributed by atoms with van der Waals surface area (Å²) in [4.78, 5) is 56.9. The van der Waals surface area contributed by atoms with Crippen LogP contribution >= 0.6 is 0 Å². The maximum absolute atomic E-state index is 12.9. The first-order valence-electron chi connectivity index (χ1n) is 9.18. The summed E-state index contributed by atoms with van der Waals surface area (Å²) in [6, 6.07) is 14.4. The van der Waals surface area contributed by atoms with Gasteiger partial charge in [0.25, 0.3) is 11.8 Å². The molecule has 0 unspecified atom stereocenters. The molecule has 3 amide bonds. The van der Waals surface area contributed by atoms with Crippen LogP contribution in [0.3, 0.4) is 0 Å². The Morgan fingerprint density at radius 2 is 1.59 bits per heavy atom. The number of likely N-dealkylation sites (N-methyl/N-ethyl adjacent to an activating group) is 1. The van der Waals surface area contributed by atoms with Gasteiger partial charge in [-0.2, -0.15) is 0 Å². The summed E-state index contributed by atoms with van der Waals surface area (Å²) < 4.78 is 5.49. The molecular weight excluding hydrogens is 376 g/mol. The molecule has 29 heavy (non-hydrogen) atoms. The molecule has 1 fully saturated rings. The standard InChI is InChI=1S/C21H18N2O6/c1-2-22-16(24)12-28-18(17(22)13-8-4-3-5-9-13)21(27)29-23-19(25)14-10-6-7-11-15(14)20(23)26/h3-11,17-18H,2,12H2,1H3/t17-,18+/m1/s1. The molecule has 2 heterocycles. The topological polar surface area (TPSA) is 93.2 Å². The second-order valence-corrected chi connectivity index (χ2v) is 6.63. The molecule has 2 aliphatic heterocycles. The second-order valence-electron chi connectivity index (χ2n) is 6.63. The molecule has 0 N–H and O–H groups in total. The number of nitrogens with zero attached hydrogens (tertiary/aromatic N) is 2. The summed E-state index contributed by atoms with van der Waals surface area (Å²) in [5.41, 5.74) is 1.02. The van der Waals surface area contributed by atoms with Crippen LogP contribution in [0.5, 0.6) is 0 Å². The Balaban J connectivity index is 1.61. The Hall–Kier alpha value is -3.52. The van der Waals surface area contributed by atoms with E-state index in [1.54, 1.807) is 43.3 Å². The van der Waals surface area contributed by atoms with E-state index in [9.17, 15) is 19.2 Å². The van der Waals surface area contributed by atoms with Gasteiger partial charge < -0.3 is 14.5 Å². The number of imide groups is 1. The van der Waals surface area contributed by atoms with Gasteiger partial charge in [-0.15, -0.1) is 0 Å². The average molecular weight is 394 g/mol. The minimum atomic E-state index is -1.18. The van der Waals surface area contributed by atoms with Crippen LogP contribution in [0.25, 0.3) is 0 Å². The highest BCUT2D eigenvalue weighted by molar-refractivity contribution is 6.20. The van der Waals surface area contributed by atoms with Gasteiger partial charge in [0, 0.05) is 6.54 Å². The number of hydrogen-bond acceptors (Lipinski definition) is 6. The minimum absolute atomic E-state index is 0.167. The minimum Gasteiger partial charge on any atom is -0.354 e. The maximum atomic E-state index is 12.9. The van der Waals surface area contributed by atoms with Crippen molar-refractivity contribution in [3.8, 4) is 0 Å². The summed E-state index contributed by atoms with van der Waals surface area (Å²) in [5.74, 6) is -2.60. The summed E-state index contributed by atoms with van der Waals surface area (Å²) in [6.07, 6.45) is -1.18. The third kappa shape index (κ3) is 3.17. The molecule has 2 aromatic rings. The maximum Gasteiger partial charge on any atom is 0.364 e. The predicted molar refractivity (Wildman–Crippen MR) is 99.3 cm³/mol. The van der Waals surface area contributed by atoms with Gasteiger partial charge in [0.2, 0.25) is 5.91 Å². The first-order chi connectivity index (χ1) is 14.0. The van der Waals surface area contributed by atoms with Gasteiger partial charge in [0.05, 0.1) is 17.2 Å². The van der Waals surface area contributed by atoms with Crippen molar-refractivity contribution in [1.82, 2.24) is 9.96 Å². The molecule has 0 bridgehead atoms. The number of rotatable bonds is 4. The highest BCUT2D eigenvalue weighted by Crippen LogP contribution is 2.32. The van der Waals surface area contributed by atoms with E-state index in [4.69, 9.17) is 9.57 Å². The summed E-state index contributed by atoms with van der Waals surface area (Å²) in [6.45, 7) is 1.86. The van der Waals surface area contributed by atoms with Crippen molar-refractivity contribution in [2.75, 3.05) is 13.2 Å². The number of ether oxygens (including phenoxy) is 1. The molecular formula is C21H18N2O6. The van der Waals surface area contributed by atoms with E-state index in [1.807, 2.05) is 6.07 Å². The van der Waals surface area contributed by atoms with E-state index in [2.05, 4.69) is 0 Å². The second kappa shape index (κ2) is 7.48. The molecule has 0 spiro atoms. The fourth-order valence-electron chi connectivity index (χ4n) is 3.62. The lowest BCUT2D eigenvalue weighted by atomic mass is 9.98. The van der Waals surface area contributed by atoms with Crippen LogP contribution in [0, 0.1) is 0 Å². The molecule has 1 saturated heterocycles. The molecule has 2 aliphatic rings. The largest absolute Gasteiger partial charge is 0.364 e. The number of carbonyl (C=O) groups is 4. The molecule has 0 radical (unpaired) electrons. The fourth-order valence-corrected chi connectivity index (χ4v) is 3.62. The predicted octanol–water partition coefficient (Wildman–Crippen LogP) is 1.73. The van der Waals surface area contributed by atoms with Crippen LogP contribution in [0.2, 0.25) is 0 Å². The van der Waals surface area contributed by atoms with Crippen LogP contribution < -0.4 is 0 Å². The smallest absolute Gasteiger partial charge is 0.354 e. The zero-order valence-electron chi connectivity index (χ0n) is 15.6. The van der Waals surface area contributed by atoms with E-state index < -0.39 is 29.9 Å². The highest BCUT2D eigenvalue weighted by Gasteiger charge is 2.45. The van der Waals surface area contributed by atoms with E-state index in [-0.39, 0.29) is 23.6 Å². The molecule has 4 rings (SSSR count). The molecule has 2 atom stereocenters. The van der Waals surface area contributed by atoms with Crippen molar-refractivity contribution in [1.29, 1.82) is 0 Å². The van der Waals surface area contributed by atoms with E-state index in [1.165, 1.54) is 17.0 Å². The van der Waals surface area contributed by atoms with Crippen LogP contribution in [-0.4, -0.2) is 52.9 Å². The Bertz CT molecular complexity index is 955. The monoisotopic (exact) mass is 394 g/mol. The molecule has 8 heteroatoms. The Morgan fingerprint density at radius 1 is 1.00 bits per heavy atom. The Morgan fingerprint density at radius 3 is 2.17 bits per heavy atom. The fraction of sp³-hybridized carbons (Fsp3) is 0.238. The van der Waals surface area contributed by atoms with Gasteiger partial charge in [-0.05, 0) is 24.6 Å². The van der Waals surface area contributed by atoms with Gasteiger partial charge in [0.15, 0.2) is 6.10 Å². The summed E-state index contributed by atoms with van der Waals surface area (Å²) in [7, 11) is 0. The van der Waals surface area contributed by atoms with Crippen LogP contribution in [0.15, 0.2) is 54.6 Å². The van der Waals surface area contributed by atoms with Crippen molar-refractivity contribution in [2.45, 2.75) is 19.1 Å². The van der Waals surface area contributed by atoms with E-state index in [0.29, 0.717) is 17.2 Å². The zero-order chi connectivity index (χ0) is 20.5. The lowest BCUT2D eigenvalue weighted by Crippen LogP contribution is -2.53. The van der Waals surface area contributed by atoms with Crippen molar-refractivity contribution in [3.05, 3.63) is 71.3 Å². The van der Waals surface area contributed by atoms with Crippen LogP contribution in [0.4, 0.5) is 0 Å². The Labute approximate surface area is 166 Å². The van der Waals surface area contributed by atoms with Crippen molar-refractivity contribution >= 4 is 23.7 Å². The molecule has 0 aromatic heterocycles. The molecule has 2 aromatic carbocycles. The van der Waals surface area contributed by atoms with Crippen molar-refractivity contribution in [2.24, 2.45) is 0 Å². The first-order valence-corrected chi connectivity index (χ1v) is 9.18. The summed E-state index contributed by atoms with van der Waals surface area (Å²) >= 11 is 0. The Kier molecular flexibility index (Phi) is 4.85. The number of morpholine rings is 1. The van der Waals surface area contributed by atoms with Crippen LogP contribution in [-0.2, 0) is 19.2 Å². The number of benzene rings is 2. The number of hydroxylamine groups is 2. The zero-order valence-corrected chi connectivity index (χ0v) is 15.6. The van der Waals surface area contributed by atoms with E-state index >= 15 is 0 Å². The van der Waals surface area contributed by atoms with Crippen molar-refractivity contribution < 1.29 is 28.8 Å². The lowest BCUT2D eigenvalue weighted by Gasteiger charge is -2.39. The molecule has 148 valence electrons. The number of hydrogen-bond donors (Lipinski definition) is 0. The van der Waals surface area contributed by atoms with Gasteiger partial charge >= 0.3 is 5.97 Å².